The van der Waals surface area contributed by atoms with E-state index in [1.54, 1.807) is 0 Å². The van der Waals surface area contributed by atoms with Crippen molar-refractivity contribution in [2.45, 2.75) is 52.0 Å². The van der Waals surface area contributed by atoms with Crippen LogP contribution >= 0.6 is 12.4 Å². The van der Waals surface area contributed by atoms with E-state index in [1.165, 1.54) is 19.8 Å². The van der Waals surface area contributed by atoms with Gasteiger partial charge in [-0.15, -0.1) is 12.4 Å². The Morgan fingerprint density at radius 2 is 2.10 bits per heavy atom. The van der Waals surface area contributed by atoms with Crippen molar-refractivity contribution in [3.05, 3.63) is 11.7 Å². The lowest BCUT2D eigenvalue weighted by Gasteiger charge is -2.21. The van der Waals surface area contributed by atoms with Gasteiger partial charge < -0.3 is 15.2 Å². The maximum Gasteiger partial charge on any atom is 0.226 e. The van der Waals surface area contributed by atoms with Crippen LogP contribution in [0.15, 0.2) is 4.52 Å². The Balaban J connectivity index is 0.00000220. The molecule has 1 aliphatic heterocycles. The molecule has 2 N–H and O–H groups in total. The summed E-state index contributed by atoms with van der Waals surface area (Å²) in [6.45, 7) is 7.44. The molecular formula is C14H25ClN4O2. The van der Waals surface area contributed by atoms with E-state index in [2.05, 4.69) is 20.8 Å². The molecule has 0 spiro atoms. The standard InChI is InChI=1S/C14H24N4O2.ClH/c1-10(19)17-14(2,3)13-16-12(20-18-13)5-4-11-6-8-15-9-7-11;/h11,15H,4-9H2,1-3H3,(H,17,19);1H. The second-order valence-electron chi connectivity index (χ2n) is 6.05. The summed E-state index contributed by atoms with van der Waals surface area (Å²) >= 11 is 0. The number of carbonyl (C=O) groups excluding carboxylic acids is 1. The summed E-state index contributed by atoms with van der Waals surface area (Å²) in [4.78, 5) is 15.6. The molecule has 1 fully saturated rings. The average Bonchev–Trinajstić information content (AvgIpc) is 2.86. The van der Waals surface area contributed by atoms with Crippen molar-refractivity contribution in [1.29, 1.82) is 0 Å². The third kappa shape index (κ3) is 5.28. The molecule has 0 aromatic carbocycles. The van der Waals surface area contributed by atoms with E-state index in [4.69, 9.17) is 4.52 Å². The summed E-state index contributed by atoms with van der Waals surface area (Å²) in [6.07, 6.45) is 4.34. The van der Waals surface area contributed by atoms with Crippen molar-refractivity contribution in [2.24, 2.45) is 5.92 Å². The molecule has 120 valence electrons. The molecule has 1 aliphatic rings. The third-order valence-electron chi connectivity index (χ3n) is 3.74. The van der Waals surface area contributed by atoms with Crippen molar-refractivity contribution < 1.29 is 9.32 Å². The first kappa shape index (κ1) is 17.9. The molecule has 1 aromatic heterocycles. The van der Waals surface area contributed by atoms with Gasteiger partial charge in [-0.25, -0.2) is 0 Å². The fourth-order valence-electron chi connectivity index (χ4n) is 2.60. The van der Waals surface area contributed by atoms with Gasteiger partial charge in [-0.3, -0.25) is 4.79 Å². The zero-order chi connectivity index (χ0) is 14.6. The number of hydrogen-bond donors (Lipinski definition) is 2. The maximum atomic E-state index is 11.2. The minimum absolute atomic E-state index is 0. The van der Waals surface area contributed by atoms with Crippen molar-refractivity contribution in [3.63, 3.8) is 0 Å². The van der Waals surface area contributed by atoms with Gasteiger partial charge in [0.2, 0.25) is 11.8 Å². The molecule has 0 radical (unpaired) electrons. The number of carbonyl (C=O) groups is 1. The quantitative estimate of drug-likeness (QED) is 0.865. The molecule has 21 heavy (non-hydrogen) atoms. The number of nitrogens with one attached hydrogen (secondary N) is 2. The van der Waals surface area contributed by atoms with Crippen LogP contribution in [0.4, 0.5) is 0 Å². The molecule has 0 aliphatic carbocycles. The predicted molar refractivity (Wildman–Crippen MR) is 82.3 cm³/mol. The van der Waals surface area contributed by atoms with E-state index in [0.29, 0.717) is 11.7 Å². The molecule has 1 amide bonds. The van der Waals surface area contributed by atoms with Gasteiger partial charge in [0.1, 0.15) is 0 Å². The number of piperidine rings is 1. The number of amides is 1. The Morgan fingerprint density at radius 3 is 2.71 bits per heavy atom. The molecule has 1 saturated heterocycles. The van der Waals surface area contributed by atoms with Gasteiger partial charge in [-0.05, 0) is 52.1 Å². The van der Waals surface area contributed by atoms with Crippen LogP contribution in [0.3, 0.4) is 0 Å². The fraction of sp³-hybridized carbons (Fsp3) is 0.786. The Bertz CT molecular complexity index is 456. The highest BCUT2D eigenvalue weighted by Crippen LogP contribution is 2.20. The number of rotatable bonds is 5. The SMILES string of the molecule is CC(=O)NC(C)(C)c1noc(CCC2CCNCC2)n1.Cl. The first-order chi connectivity index (χ1) is 9.47. The Kier molecular flexibility index (Phi) is 6.61. The first-order valence-corrected chi connectivity index (χ1v) is 7.30. The number of aryl methyl sites for hydroxylation is 1. The van der Waals surface area contributed by atoms with E-state index >= 15 is 0 Å². The van der Waals surface area contributed by atoms with Gasteiger partial charge in [0.15, 0.2) is 5.82 Å². The minimum Gasteiger partial charge on any atom is -0.344 e. The summed E-state index contributed by atoms with van der Waals surface area (Å²) in [6, 6.07) is 0. The molecule has 0 bridgehead atoms. The summed E-state index contributed by atoms with van der Waals surface area (Å²) in [5.74, 6) is 1.84. The lowest BCUT2D eigenvalue weighted by molar-refractivity contribution is -0.120. The van der Waals surface area contributed by atoms with Gasteiger partial charge >= 0.3 is 0 Å². The average molecular weight is 317 g/mol. The van der Waals surface area contributed by atoms with Crippen LogP contribution in [0.2, 0.25) is 0 Å². The zero-order valence-corrected chi connectivity index (χ0v) is 13.8. The van der Waals surface area contributed by atoms with Crippen LogP contribution in [0.25, 0.3) is 0 Å². The number of aromatic nitrogens is 2. The van der Waals surface area contributed by atoms with Crippen molar-refractivity contribution in [3.8, 4) is 0 Å². The summed E-state index contributed by atoms with van der Waals surface area (Å²) in [7, 11) is 0. The van der Waals surface area contributed by atoms with Crippen LogP contribution in [-0.4, -0.2) is 29.1 Å². The lowest BCUT2D eigenvalue weighted by Crippen LogP contribution is -2.40. The number of nitrogens with zero attached hydrogens (tertiary/aromatic N) is 2. The molecule has 2 heterocycles. The molecule has 2 rings (SSSR count). The van der Waals surface area contributed by atoms with Crippen LogP contribution < -0.4 is 10.6 Å². The molecule has 6 nitrogen and oxygen atoms in total. The number of hydrogen-bond acceptors (Lipinski definition) is 5. The monoisotopic (exact) mass is 316 g/mol. The molecule has 7 heteroatoms. The molecule has 1 aromatic rings. The number of halogens is 1. The normalized spacial score (nSPS) is 16.3. The van der Waals surface area contributed by atoms with Gasteiger partial charge in [0.05, 0.1) is 5.54 Å². The fourth-order valence-corrected chi connectivity index (χ4v) is 2.60. The molecular weight excluding hydrogens is 292 g/mol. The molecule has 0 atom stereocenters. The maximum absolute atomic E-state index is 11.2. The van der Waals surface area contributed by atoms with Gasteiger partial charge in [0, 0.05) is 13.3 Å². The van der Waals surface area contributed by atoms with E-state index < -0.39 is 5.54 Å². The predicted octanol–water partition coefficient (Wildman–Crippen LogP) is 1.79. The second-order valence-corrected chi connectivity index (χ2v) is 6.05. The molecule has 0 unspecified atom stereocenters. The van der Waals surface area contributed by atoms with Crippen molar-refractivity contribution >= 4 is 18.3 Å². The van der Waals surface area contributed by atoms with E-state index in [-0.39, 0.29) is 18.3 Å². The van der Waals surface area contributed by atoms with Crippen molar-refractivity contribution in [1.82, 2.24) is 20.8 Å². The molecule has 0 saturated carbocycles. The Morgan fingerprint density at radius 1 is 1.43 bits per heavy atom. The van der Waals surface area contributed by atoms with Crippen LogP contribution in [0.5, 0.6) is 0 Å². The summed E-state index contributed by atoms with van der Waals surface area (Å²) in [5, 5.41) is 10.2. The lowest BCUT2D eigenvalue weighted by atomic mass is 9.93. The Labute approximate surface area is 131 Å². The van der Waals surface area contributed by atoms with E-state index in [9.17, 15) is 4.79 Å². The van der Waals surface area contributed by atoms with E-state index in [1.807, 2.05) is 13.8 Å². The Hall–Kier alpha value is -1.14. The highest BCUT2D eigenvalue weighted by molar-refractivity contribution is 5.85. The third-order valence-corrected chi connectivity index (χ3v) is 3.74. The smallest absolute Gasteiger partial charge is 0.226 e. The highest BCUT2D eigenvalue weighted by atomic mass is 35.5. The van der Waals surface area contributed by atoms with Gasteiger partial charge in [-0.1, -0.05) is 5.16 Å². The highest BCUT2D eigenvalue weighted by Gasteiger charge is 2.27. The van der Waals surface area contributed by atoms with Gasteiger partial charge in [-0.2, -0.15) is 4.98 Å². The summed E-state index contributed by atoms with van der Waals surface area (Å²) in [5.41, 5.74) is -0.595. The van der Waals surface area contributed by atoms with Crippen LogP contribution in [0.1, 0.15) is 51.7 Å². The van der Waals surface area contributed by atoms with Crippen molar-refractivity contribution in [2.75, 3.05) is 13.1 Å². The van der Waals surface area contributed by atoms with Gasteiger partial charge in [0.25, 0.3) is 0 Å². The zero-order valence-electron chi connectivity index (χ0n) is 12.9. The largest absolute Gasteiger partial charge is 0.344 e. The minimum atomic E-state index is -0.595. The topological polar surface area (TPSA) is 80.0 Å². The van der Waals surface area contributed by atoms with Crippen LogP contribution in [0, 0.1) is 5.92 Å². The second kappa shape index (κ2) is 7.75. The van der Waals surface area contributed by atoms with Crippen LogP contribution in [-0.2, 0) is 16.8 Å². The van der Waals surface area contributed by atoms with E-state index in [0.717, 1.165) is 31.8 Å². The first-order valence-electron chi connectivity index (χ1n) is 7.30. The summed E-state index contributed by atoms with van der Waals surface area (Å²) < 4.78 is 5.30.